The van der Waals surface area contributed by atoms with E-state index in [4.69, 9.17) is 14.1 Å². The van der Waals surface area contributed by atoms with E-state index in [1.165, 1.54) is 6.07 Å². The summed E-state index contributed by atoms with van der Waals surface area (Å²) in [7, 11) is -4.44. The lowest BCUT2D eigenvalue weighted by Gasteiger charge is -2.29. The van der Waals surface area contributed by atoms with Crippen LogP contribution in [0.4, 0.5) is 5.13 Å². The molecule has 0 bridgehead atoms. The molecule has 194 valence electrons. The highest BCUT2D eigenvalue weighted by atomic mass is 32.1. The van der Waals surface area contributed by atoms with Crippen molar-refractivity contribution in [1.82, 2.24) is 4.98 Å². The molecule has 0 unspecified atom stereocenters. The van der Waals surface area contributed by atoms with Gasteiger partial charge in [-0.3, -0.25) is 4.57 Å². The van der Waals surface area contributed by atoms with E-state index in [2.05, 4.69) is 11.4 Å². The molecule has 0 aliphatic heterocycles. The molecule has 0 atom stereocenters. The highest BCUT2D eigenvalue weighted by Gasteiger charge is 2.24. The third-order valence-corrected chi connectivity index (χ3v) is 8.65. The second-order valence-corrected chi connectivity index (χ2v) is 12.0. The maximum atomic E-state index is 11.5. The topological polar surface area (TPSA) is 105 Å². The lowest BCUT2D eigenvalue weighted by Crippen LogP contribution is -2.31. The van der Waals surface area contributed by atoms with Gasteiger partial charge in [-0.05, 0) is 67.6 Å². The number of rotatable bonds is 7. The molecule has 1 saturated carbocycles. The summed E-state index contributed by atoms with van der Waals surface area (Å²) >= 11 is 1.65. The van der Waals surface area contributed by atoms with Gasteiger partial charge in [0.25, 0.3) is 0 Å². The van der Waals surface area contributed by atoms with E-state index in [0.29, 0.717) is 11.8 Å². The molecule has 5 aromatic rings. The number of fused-ring (bicyclic) bond motifs is 1. The first kappa shape index (κ1) is 24.9. The summed E-state index contributed by atoms with van der Waals surface area (Å²) in [6.45, 7) is 0. The molecule has 3 N–H and O–H groups in total. The second-order valence-electron chi connectivity index (χ2n) is 9.48. The Kier molecular flexibility index (Phi) is 6.80. The molecule has 38 heavy (non-hydrogen) atoms. The van der Waals surface area contributed by atoms with E-state index in [1.807, 2.05) is 66.7 Å². The Labute approximate surface area is 224 Å². The van der Waals surface area contributed by atoms with Crippen LogP contribution in [-0.2, 0) is 4.57 Å². The van der Waals surface area contributed by atoms with Gasteiger partial charge in [-0.1, -0.05) is 59.9 Å². The van der Waals surface area contributed by atoms with Gasteiger partial charge < -0.3 is 24.3 Å². The zero-order valence-corrected chi connectivity index (χ0v) is 22.2. The fraction of sp³-hybridized carbons (Fsp3) is 0.207. The Morgan fingerprint density at radius 1 is 0.895 bits per heavy atom. The van der Waals surface area contributed by atoms with Crippen molar-refractivity contribution in [1.29, 1.82) is 0 Å². The van der Waals surface area contributed by atoms with Crippen LogP contribution in [0.15, 0.2) is 89.3 Å². The fourth-order valence-corrected chi connectivity index (χ4v) is 6.47. The quantitative estimate of drug-likeness (QED) is 0.192. The van der Waals surface area contributed by atoms with Crippen LogP contribution in [-0.4, -0.2) is 26.9 Å². The first-order valence-electron chi connectivity index (χ1n) is 12.6. The molecule has 1 fully saturated rings. The predicted octanol–water partition coefficient (Wildman–Crippen LogP) is 6.83. The molecule has 9 heteroatoms. The summed E-state index contributed by atoms with van der Waals surface area (Å²) in [6, 6.07) is 27.1. The smallest absolute Gasteiger partial charge is 0.391 e. The Morgan fingerprint density at radius 2 is 1.66 bits per heavy atom. The van der Waals surface area contributed by atoms with Gasteiger partial charge in [0, 0.05) is 17.2 Å². The van der Waals surface area contributed by atoms with Gasteiger partial charge in [-0.25, -0.2) is 4.98 Å². The van der Waals surface area contributed by atoms with Crippen LogP contribution in [0, 0.1) is 0 Å². The summed E-state index contributed by atoms with van der Waals surface area (Å²) < 4.78 is 24.2. The number of hydrogen-bond acceptors (Lipinski definition) is 6. The number of nitrogens with one attached hydrogen (secondary N) is 1. The van der Waals surface area contributed by atoms with Crippen LogP contribution in [0.5, 0.6) is 5.75 Å². The maximum absolute atomic E-state index is 11.5. The number of thiazole rings is 1. The molecule has 0 amide bonds. The van der Waals surface area contributed by atoms with Crippen LogP contribution >= 0.6 is 18.9 Å². The van der Waals surface area contributed by atoms with Crippen LogP contribution in [0.1, 0.15) is 25.7 Å². The SMILES string of the molecule is O=P(O)(O)c1ccc(-c2cccc(-c3cccc4nc(NC5CCC(Oc6ccccc6)CC5)sc34)c2)o1. The number of furan rings is 1. The molecular weight excluding hydrogens is 519 g/mol. The molecule has 2 heterocycles. The first-order chi connectivity index (χ1) is 18.4. The van der Waals surface area contributed by atoms with E-state index in [-0.39, 0.29) is 11.6 Å². The van der Waals surface area contributed by atoms with Crippen molar-refractivity contribution in [2.24, 2.45) is 0 Å². The minimum absolute atomic E-state index is 0.247. The van der Waals surface area contributed by atoms with Crippen LogP contribution < -0.4 is 15.6 Å². The van der Waals surface area contributed by atoms with E-state index in [1.54, 1.807) is 17.4 Å². The van der Waals surface area contributed by atoms with Crippen molar-refractivity contribution in [2.75, 3.05) is 5.32 Å². The van der Waals surface area contributed by atoms with Crippen LogP contribution in [0.3, 0.4) is 0 Å². The molecule has 3 aromatic carbocycles. The predicted molar refractivity (Wildman–Crippen MR) is 151 cm³/mol. The summed E-state index contributed by atoms with van der Waals surface area (Å²) in [5.41, 5.74) is 3.38. The summed E-state index contributed by atoms with van der Waals surface area (Å²) in [4.78, 5) is 23.6. The van der Waals surface area contributed by atoms with Crippen LogP contribution in [0.2, 0.25) is 0 Å². The van der Waals surface area contributed by atoms with E-state index < -0.39 is 7.60 Å². The molecule has 6 rings (SSSR count). The molecule has 0 radical (unpaired) electrons. The average Bonchev–Trinajstić information content (AvgIpc) is 3.58. The zero-order valence-electron chi connectivity index (χ0n) is 20.5. The minimum atomic E-state index is -4.44. The zero-order chi connectivity index (χ0) is 26.1. The Hall–Kier alpha value is -3.42. The number of para-hydroxylation sites is 1. The van der Waals surface area contributed by atoms with Crippen molar-refractivity contribution >= 4 is 39.8 Å². The number of nitrogens with zero attached hydrogens (tertiary/aromatic N) is 1. The monoisotopic (exact) mass is 546 g/mol. The van der Waals surface area contributed by atoms with Gasteiger partial charge >= 0.3 is 7.60 Å². The van der Waals surface area contributed by atoms with Gasteiger partial charge in [-0.15, -0.1) is 0 Å². The lowest BCUT2D eigenvalue weighted by atomic mass is 9.93. The van der Waals surface area contributed by atoms with Gasteiger partial charge in [0.05, 0.1) is 16.3 Å². The van der Waals surface area contributed by atoms with Crippen molar-refractivity contribution < 1.29 is 23.5 Å². The highest BCUT2D eigenvalue weighted by molar-refractivity contribution is 7.59. The summed E-state index contributed by atoms with van der Waals surface area (Å²) in [5.74, 6) is 1.34. The maximum Gasteiger partial charge on any atom is 0.391 e. The standard InChI is InChI=1S/C29H27N2O5PS/c32-37(33,34)27-17-16-26(36-27)20-7-4-6-19(18-20)24-10-5-11-25-28(24)38-29(31-25)30-21-12-14-23(15-13-21)35-22-8-2-1-3-9-22/h1-11,16-18,21,23H,12-15H2,(H,30,31)(H2,32,33,34). The molecular formula is C29H27N2O5PS. The average molecular weight is 547 g/mol. The van der Waals surface area contributed by atoms with Crippen molar-refractivity contribution in [3.05, 3.63) is 84.9 Å². The van der Waals surface area contributed by atoms with E-state index >= 15 is 0 Å². The van der Waals surface area contributed by atoms with Gasteiger partial charge in [-0.2, -0.15) is 0 Å². The molecule has 0 spiro atoms. The number of aromatic nitrogens is 1. The van der Waals surface area contributed by atoms with Gasteiger partial charge in [0.2, 0.25) is 5.50 Å². The molecule has 1 aliphatic rings. The lowest BCUT2D eigenvalue weighted by molar-refractivity contribution is 0.150. The molecule has 1 aliphatic carbocycles. The fourth-order valence-electron chi connectivity index (χ4n) is 4.91. The van der Waals surface area contributed by atoms with Crippen molar-refractivity contribution in [3.8, 4) is 28.2 Å². The summed E-state index contributed by atoms with van der Waals surface area (Å²) in [6.07, 6.45) is 4.32. The van der Waals surface area contributed by atoms with Crippen molar-refractivity contribution in [2.45, 2.75) is 37.8 Å². The molecule has 0 saturated heterocycles. The Bertz CT molecular complexity index is 1600. The molecule has 2 aromatic heterocycles. The summed E-state index contributed by atoms with van der Waals surface area (Å²) in [5, 5.41) is 4.56. The highest BCUT2D eigenvalue weighted by Crippen LogP contribution is 2.39. The Morgan fingerprint density at radius 3 is 2.42 bits per heavy atom. The normalized spacial score (nSPS) is 17.9. The van der Waals surface area contributed by atoms with Crippen molar-refractivity contribution in [3.63, 3.8) is 0 Å². The third-order valence-electron chi connectivity index (χ3n) is 6.80. The largest absolute Gasteiger partial charge is 0.490 e. The second kappa shape index (κ2) is 10.4. The number of hydrogen-bond donors (Lipinski definition) is 3. The Balaban J connectivity index is 1.18. The van der Waals surface area contributed by atoms with E-state index in [0.717, 1.165) is 63.5 Å². The number of ether oxygens (including phenoxy) is 1. The third kappa shape index (κ3) is 5.40. The van der Waals surface area contributed by atoms with E-state index in [9.17, 15) is 14.4 Å². The minimum Gasteiger partial charge on any atom is -0.490 e. The van der Waals surface area contributed by atoms with Crippen LogP contribution in [0.25, 0.3) is 32.7 Å². The first-order valence-corrected chi connectivity index (χ1v) is 15.0. The number of benzene rings is 3. The van der Waals surface area contributed by atoms with Gasteiger partial charge in [0.1, 0.15) is 11.5 Å². The number of anilines is 1. The molecule has 7 nitrogen and oxygen atoms in total. The van der Waals surface area contributed by atoms with Gasteiger partial charge in [0.15, 0.2) is 5.13 Å².